The number of carbonyl (C=O) groups is 2. The van der Waals surface area contributed by atoms with E-state index in [0.717, 1.165) is 18.2 Å². The molecule has 0 aliphatic carbocycles. The topological polar surface area (TPSA) is 93.7 Å². The summed E-state index contributed by atoms with van der Waals surface area (Å²) in [5.74, 6) is -0.809. The second-order valence-corrected chi connectivity index (χ2v) is 13.5. The minimum Gasteiger partial charge on any atom is -0.460 e. The van der Waals surface area contributed by atoms with Crippen molar-refractivity contribution in [2.75, 3.05) is 16.8 Å². The molecule has 2 atom stereocenters. The van der Waals surface area contributed by atoms with E-state index in [9.17, 15) is 49.1 Å². The summed E-state index contributed by atoms with van der Waals surface area (Å²) in [5, 5.41) is 2.93. The average molecular weight is 800 g/mol. The maximum Gasteiger partial charge on any atom is 0.416 e. The Morgan fingerprint density at radius 2 is 1.53 bits per heavy atom. The third-order valence-corrected chi connectivity index (χ3v) is 8.28. The van der Waals surface area contributed by atoms with Crippen molar-refractivity contribution in [3.63, 3.8) is 0 Å². The normalized spacial score (nSPS) is 16.8. The SMILES string of the molecule is CC[C@@H]1C[C@H](Nc2ncc(Br)c(Cc3cc(C(F)(F)F)cc(C(F)(F)F)c3)n2)c2cc(C(F)(F)F)ccc2N1C(=O)OCCC(=O)OC(C)(C)C. The van der Waals surface area contributed by atoms with Gasteiger partial charge >= 0.3 is 30.6 Å². The number of fused-ring (bicyclic) bond motifs is 1. The fourth-order valence-electron chi connectivity index (χ4n) is 5.41. The molecule has 0 fully saturated rings. The lowest BCUT2D eigenvalue weighted by atomic mass is 9.89. The van der Waals surface area contributed by atoms with E-state index < -0.39 is 71.4 Å². The van der Waals surface area contributed by atoms with E-state index in [4.69, 9.17) is 9.47 Å². The standard InChI is InChI=1S/C33H32BrF9N4O4/c1-5-21-15-24(22-14-18(31(35,36)37)6-7-26(22)47(21)29(49)50-9-8-27(48)51-30(2,3)4)45-28-44-16-23(34)25(46-28)12-17-10-19(32(38,39)40)13-20(11-17)33(41,42)43/h6-7,10-11,13-14,16,21,24H,5,8-9,12,15H2,1-4H3,(H,44,45,46)/t21-,24+/m1/s1. The predicted octanol–water partition coefficient (Wildman–Crippen LogP) is 9.90. The van der Waals surface area contributed by atoms with Crippen molar-refractivity contribution in [3.8, 4) is 0 Å². The molecule has 2 heterocycles. The van der Waals surface area contributed by atoms with Gasteiger partial charge in [-0.3, -0.25) is 9.69 Å². The fourth-order valence-corrected chi connectivity index (χ4v) is 5.75. The summed E-state index contributed by atoms with van der Waals surface area (Å²) in [6.45, 7) is 6.37. The summed E-state index contributed by atoms with van der Waals surface area (Å²) in [6, 6.07) is 2.32. The molecule has 0 bridgehead atoms. The van der Waals surface area contributed by atoms with Gasteiger partial charge in [0.05, 0.1) is 45.0 Å². The predicted molar refractivity (Wildman–Crippen MR) is 170 cm³/mol. The van der Waals surface area contributed by atoms with Crippen LogP contribution in [0.25, 0.3) is 0 Å². The molecular formula is C33H32BrF9N4O4. The quantitative estimate of drug-likeness (QED) is 0.179. The van der Waals surface area contributed by atoms with Gasteiger partial charge in [0.25, 0.3) is 0 Å². The molecule has 0 saturated heterocycles. The minimum absolute atomic E-state index is 0.00544. The Morgan fingerprint density at radius 3 is 2.08 bits per heavy atom. The summed E-state index contributed by atoms with van der Waals surface area (Å²) in [4.78, 5) is 35.0. The summed E-state index contributed by atoms with van der Waals surface area (Å²) in [5.41, 5.74) is -5.09. The largest absolute Gasteiger partial charge is 0.460 e. The fraction of sp³-hybridized carbons (Fsp3) is 0.455. The highest BCUT2D eigenvalue weighted by molar-refractivity contribution is 9.10. The lowest BCUT2D eigenvalue weighted by molar-refractivity contribution is -0.155. The van der Waals surface area contributed by atoms with Crippen molar-refractivity contribution >= 4 is 39.6 Å². The Bertz CT molecular complexity index is 1730. The lowest BCUT2D eigenvalue weighted by Gasteiger charge is -2.40. The van der Waals surface area contributed by atoms with Crippen LogP contribution in [0.5, 0.6) is 0 Å². The maximum atomic E-state index is 13.8. The van der Waals surface area contributed by atoms with E-state index in [-0.39, 0.29) is 58.4 Å². The molecule has 1 aliphatic heterocycles. The van der Waals surface area contributed by atoms with E-state index in [2.05, 4.69) is 31.2 Å². The summed E-state index contributed by atoms with van der Waals surface area (Å²) >= 11 is 3.17. The van der Waals surface area contributed by atoms with Crippen LogP contribution < -0.4 is 10.2 Å². The molecule has 3 aromatic rings. The number of alkyl halides is 9. The molecule has 0 unspecified atom stereocenters. The van der Waals surface area contributed by atoms with Crippen LogP contribution in [-0.4, -0.2) is 40.3 Å². The van der Waals surface area contributed by atoms with Gasteiger partial charge in [-0.15, -0.1) is 0 Å². The highest BCUT2D eigenvalue weighted by Crippen LogP contribution is 2.43. The van der Waals surface area contributed by atoms with Crippen molar-refractivity contribution in [1.82, 2.24) is 9.97 Å². The molecule has 0 spiro atoms. The molecule has 18 heteroatoms. The van der Waals surface area contributed by atoms with Gasteiger partial charge in [0.2, 0.25) is 5.95 Å². The first kappa shape index (κ1) is 39.7. The number of carbonyl (C=O) groups excluding carboxylic acids is 2. The Hall–Kier alpha value is -4.09. The number of rotatable bonds is 8. The number of anilines is 2. The van der Waals surface area contributed by atoms with Crippen molar-refractivity contribution in [1.29, 1.82) is 0 Å². The zero-order valence-corrected chi connectivity index (χ0v) is 29.1. The third kappa shape index (κ3) is 10.3. The molecular weight excluding hydrogens is 767 g/mol. The Balaban J connectivity index is 1.66. The summed E-state index contributed by atoms with van der Waals surface area (Å²) in [7, 11) is 0. The van der Waals surface area contributed by atoms with Crippen LogP contribution >= 0.6 is 15.9 Å². The van der Waals surface area contributed by atoms with Gasteiger partial charge in [0, 0.05) is 18.7 Å². The molecule has 4 rings (SSSR count). The van der Waals surface area contributed by atoms with E-state index in [1.54, 1.807) is 27.7 Å². The number of halogens is 10. The highest BCUT2D eigenvalue weighted by atomic mass is 79.9. The molecule has 278 valence electrons. The molecule has 2 aromatic carbocycles. The van der Waals surface area contributed by atoms with E-state index >= 15 is 0 Å². The third-order valence-electron chi connectivity index (χ3n) is 7.62. The van der Waals surface area contributed by atoms with Crippen LogP contribution in [0.1, 0.15) is 86.5 Å². The molecule has 1 aromatic heterocycles. The molecule has 1 amide bonds. The lowest BCUT2D eigenvalue weighted by Crippen LogP contribution is -2.46. The summed E-state index contributed by atoms with van der Waals surface area (Å²) < 4.78 is 133. The molecule has 0 radical (unpaired) electrons. The van der Waals surface area contributed by atoms with Crippen LogP contribution in [0.15, 0.2) is 47.1 Å². The van der Waals surface area contributed by atoms with Gasteiger partial charge in [-0.05, 0) is 97.1 Å². The number of ether oxygens (including phenoxy) is 2. The van der Waals surface area contributed by atoms with Gasteiger partial charge in [0.1, 0.15) is 12.2 Å². The van der Waals surface area contributed by atoms with E-state index in [0.29, 0.717) is 18.6 Å². The monoisotopic (exact) mass is 798 g/mol. The molecule has 8 nitrogen and oxygen atoms in total. The van der Waals surface area contributed by atoms with Gasteiger partial charge in [0.15, 0.2) is 0 Å². The van der Waals surface area contributed by atoms with Gasteiger partial charge in [-0.25, -0.2) is 14.8 Å². The van der Waals surface area contributed by atoms with Crippen molar-refractivity contribution in [3.05, 3.63) is 80.6 Å². The van der Waals surface area contributed by atoms with Gasteiger partial charge in [-0.1, -0.05) is 6.92 Å². The van der Waals surface area contributed by atoms with Crippen molar-refractivity contribution in [2.24, 2.45) is 0 Å². The number of nitrogens with zero attached hydrogens (tertiary/aromatic N) is 3. The molecule has 1 N–H and O–H groups in total. The van der Waals surface area contributed by atoms with Crippen LogP contribution in [0.4, 0.5) is 55.9 Å². The molecule has 51 heavy (non-hydrogen) atoms. The number of benzene rings is 2. The van der Waals surface area contributed by atoms with Crippen LogP contribution in [-0.2, 0) is 39.2 Å². The van der Waals surface area contributed by atoms with E-state index in [1.807, 2.05) is 0 Å². The minimum atomic E-state index is -5.07. The second-order valence-electron chi connectivity index (χ2n) is 12.7. The zero-order chi connectivity index (χ0) is 38.1. The maximum absolute atomic E-state index is 13.8. The molecule has 1 aliphatic rings. The second kappa shape index (κ2) is 14.9. The number of aromatic nitrogens is 2. The van der Waals surface area contributed by atoms with Crippen LogP contribution in [0.3, 0.4) is 0 Å². The Labute approximate surface area is 294 Å². The number of amides is 1. The van der Waals surface area contributed by atoms with E-state index in [1.165, 1.54) is 11.1 Å². The van der Waals surface area contributed by atoms with Crippen LogP contribution in [0.2, 0.25) is 0 Å². The molecule has 0 saturated carbocycles. The number of hydrogen-bond acceptors (Lipinski definition) is 7. The van der Waals surface area contributed by atoms with Crippen LogP contribution in [0, 0.1) is 0 Å². The number of hydrogen-bond donors (Lipinski definition) is 1. The zero-order valence-electron chi connectivity index (χ0n) is 27.5. The number of nitrogens with one attached hydrogen (secondary N) is 1. The van der Waals surface area contributed by atoms with Crippen molar-refractivity contribution < 1.29 is 58.6 Å². The smallest absolute Gasteiger partial charge is 0.416 e. The first-order chi connectivity index (χ1) is 23.5. The number of esters is 1. The average Bonchev–Trinajstić information content (AvgIpc) is 2.99. The first-order valence-corrected chi connectivity index (χ1v) is 16.2. The van der Waals surface area contributed by atoms with Crippen molar-refractivity contribution in [2.45, 2.75) is 89.6 Å². The van der Waals surface area contributed by atoms with Gasteiger partial charge in [-0.2, -0.15) is 39.5 Å². The summed E-state index contributed by atoms with van der Waals surface area (Å²) in [6.07, 6.45) is -15.0. The Morgan fingerprint density at radius 1 is 0.922 bits per heavy atom. The Kier molecular flexibility index (Phi) is 11.6. The van der Waals surface area contributed by atoms with Gasteiger partial charge < -0.3 is 14.8 Å². The highest BCUT2D eigenvalue weighted by Gasteiger charge is 2.40. The first-order valence-electron chi connectivity index (χ1n) is 15.4.